The molecule has 2 aliphatic heterocycles. The van der Waals surface area contributed by atoms with Gasteiger partial charge in [0.15, 0.2) is 0 Å². The van der Waals surface area contributed by atoms with Crippen LogP contribution in [0.25, 0.3) is 0 Å². The molecule has 0 amide bonds. The Kier molecular flexibility index (Phi) is 3.60. The van der Waals surface area contributed by atoms with E-state index in [0.29, 0.717) is 0 Å². The van der Waals surface area contributed by atoms with Crippen LogP contribution in [0.5, 0.6) is 0 Å². The third-order valence-corrected chi connectivity index (χ3v) is 8.04. The largest absolute Gasteiger partial charge is 0.0884 e. The second-order valence-corrected chi connectivity index (χ2v) is 8.74. The minimum atomic E-state index is 0.931. The lowest BCUT2D eigenvalue weighted by molar-refractivity contribution is 1.57. The van der Waals surface area contributed by atoms with Crippen LogP contribution in [-0.2, 0) is 0 Å². The van der Waals surface area contributed by atoms with Crippen LogP contribution in [0.1, 0.15) is 20.8 Å². The standard InChI is InChI=1S/C9H9ClS4/c1-4-5(2)12-8(11-4)9-13-6(3)7(10)14-9/h1-3H3. The molecule has 2 heterocycles. The van der Waals surface area contributed by atoms with Gasteiger partial charge in [-0.05, 0) is 30.6 Å². The van der Waals surface area contributed by atoms with E-state index in [4.69, 9.17) is 11.6 Å². The molecule has 14 heavy (non-hydrogen) atoms. The van der Waals surface area contributed by atoms with E-state index < -0.39 is 0 Å². The summed E-state index contributed by atoms with van der Waals surface area (Å²) in [6.07, 6.45) is 0. The van der Waals surface area contributed by atoms with E-state index in [1.54, 1.807) is 23.5 Å². The Balaban J connectivity index is 2.17. The van der Waals surface area contributed by atoms with Crippen LogP contribution in [0.3, 0.4) is 0 Å². The average molecular weight is 281 g/mol. The van der Waals surface area contributed by atoms with Crippen LogP contribution in [0, 0.1) is 0 Å². The Hall–Kier alpha value is 0.910. The van der Waals surface area contributed by atoms with Gasteiger partial charge < -0.3 is 0 Å². The summed E-state index contributed by atoms with van der Waals surface area (Å²) in [7, 11) is 0. The van der Waals surface area contributed by atoms with Crippen molar-refractivity contribution in [3.05, 3.63) is 27.6 Å². The minimum absolute atomic E-state index is 0.931. The highest BCUT2D eigenvalue weighted by Gasteiger charge is 2.24. The molecular formula is C9H9ClS4. The maximum Gasteiger partial charge on any atom is 0.0884 e. The van der Waals surface area contributed by atoms with Crippen molar-refractivity contribution in [1.29, 1.82) is 0 Å². The first-order valence-electron chi connectivity index (χ1n) is 4.07. The highest BCUT2D eigenvalue weighted by atomic mass is 35.5. The van der Waals surface area contributed by atoms with Crippen molar-refractivity contribution in [3.63, 3.8) is 0 Å². The van der Waals surface area contributed by atoms with Gasteiger partial charge in [0.25, 0.3) is 0 Å². The van der Waals surface area contributed by atoms with Crippen LogP contribution in [0.4, 0.5) is 0 Å². The van der Waals surface area contributed by atoms with Gasteiger partial charge in [-0.2, -0.15) is 0 Å². The first-order valence-corrected chi connectivity index (χ1v) is 7.72. The van der Waals surface area contributed by atoms with Gasteiger partial charge in [-0.15, -0.1) is 0 Å². The molecule has 0 N–H and O–H groups in total. The summed E-state index contributed by atoms with van der Waals surface area (Å²) < 4.78 is 3.67. The predicted octanol–water partition coefficient (Wildman–Crippen LogP) is 5.75. The van der Waals surface area contributed by atoms with E-state index >= 15 is 0 Å². The normalized spacial score (nSPS) is 23.1. The molecule has 2 rings (SSSR count). The van der Waals surface area contributed by atoms with Gasteiger partial charge in [-0.3, -0.25) is 0 Å². The molecule has 0 aromatic carbocycles. The lowest BCUT2D eigenvalue weighted by atomic mass is 10.6. The molecule has 0 nitrogen and oxygen atoms in total. The Bertz CT molecular complexity index is 310. The van der Waals surface area contributed by atoms with Gasteiger partial charge in [0.1, 0.15) is 0 Å². The van der Waals surface area contributed by atoms with E-state index in [1.165, 1.54) is 23.2 Å². The lowest BCUT2D eigenvalue weighted by Crippen LogP contribution is -1.66. The van der Waals surface area contributed by atoms with Crippen molar-refractivity contribution >= 4 is 58.6 Å². The molecule has 0 radical (unpaired) electrons. The molecule has 0 atom stereocenters. The SMILES string of the molecule is CC1=C(C)SC(=C2SC(C)=C(Cl)S2)S1. The molecule has 76 valence electrons. The fourth-order valence-corrected chi connectivity index (χ4v) is 6.50. The van der Waals surface area contributed by atoms with Crippen molar-refractivity contribution < 1.29 is 0 Å². The highest BCUT2D eigenvalue weighted by molar-refractivity contribution is 8.34. The molecule has 5 heteroatoms. The van der Waals surface area contributed by atoms with Crippen LogP contribution < -0.4 is 0 Å². The molecule has 0 fully saturated rings. The molecule has 0 unspecified atom stereocenters. The Morgan fingerprint density at radius 2 is 1.14 bits per heavy atom. The highest BCUT2D eigenvalue weighted by Crippen LogP contribution is 2.60. The van der Waals surface area contributed by atoms with Crippen LogP contribution in [-0.4, -0.2) is 0 Å². The van der Waals surface area contributed by atoms with E-state index in [9.17, 15) is 0 Å². The van der Waals surface area contributed by atoms with E-state index in [0.717, 1.165) is 4.36 Å². The summed E-state index contributed by atoms with van der Waals surface area (Å²) in [6.45, 7) is 6.42. The Labute approximate surface area is 106 Å². The molecule has 0 bridgehead atoms. The zero-order chi connectivity index (χ0) is 10.3. The summed E-state index contributed by atoms with van der Waals surface area (Å²) in [4.78, 5) is 4.06. The van der Waals surface area contributed by atoms with E-state index in [2.05, 4.69) is 20.8 Å². The van der Waals surface area contributed by atoms with Gasteiger partial charge >= 0.3 is 0 Å². The number of hydrogen-bond acceptors (Lipinski definition) is 4. The molecule has 0 aromatic rings. The van der Waals surface area contributed by atoms with Gasteiger partial charge in [-0.25, -0.2) is 0 Å². The van der Waals surface area contributed by atoms with Crippen molar-refractivity contribution in [2.75, 3.05) is 0 Å². The fraction of sp³-hybridized carbons (Fsp3) is 0.333. The number of thioether (sulfide) groups is 4. The minimum Gasteiger partial charge on any atom is -0.0849 e. The van der Waals surface area contributed by atoms with Crippen molar-refractivity contribution in [1.82, 2.24) is 0 Å². The predicted molar refractivity (Wildman–Crippen MR) is 74.3 cm³/mol. The monoisotopic (exact) mass is 280 g/mol. The molecular weight excluding hydrogens is 272 g/mol. The molecule has 0 saturated heterocycles. The summed E-state index contributed by atoms with van der Waals surface area (Å²) in [5, 5.41) is 0. The zero-order valence-corrected chi connectivity index (χ0v) is 12.0. The molecule has 0 aromatic heterocycles. The molecule has 0 spiro atoms. The number of hydrogen-bond donors (Lipinski definition) is 0. The third kappa shape index (κ3) is 2.19. The second-order valence-electron chi connectivity index (χ2n) is 2.93. The lowest BCUT2D eigenvalue weighted by Gasteiger charge is -2.00. The first-order chi connectivity index (χ1) is 6.58. The summed E-state index contributed by atoms with van der Waals surface area (Å²) >= 11 is 13.3. The number of allylic oxidation sites excluding steroid dienone is 3. The molecule has 2 aliphatic rings. The number of halogens is 1. The van der Waals surface area contributed by atoms with E-state index in [-0.39, 0.29) is 0 Å². The fourth-order valence-electron chi connectivity index (χ4n) is 0.963. The second kappa shape index (κ2) is 4.42. The van der Waals surface area contributed by atoms with Crippen molar-refractivity contribution in [2.45, 2.75) is 20.8 Å². The Morgan fingerprint density at radius 3 is 1.57 bits per heavy atom. The third-order valence-electron chi connectivity index (χ3n) is 1.86. The zero-order valence-electron chi connectivity index (χ0n) is 8.01. The summed E-state index contributed by atoms with van der Waals surface area (Å²) in [6, 6.07) is 0. The van der Waals surface area contributed by atoms with Crippen LogP contribution >= 0.6 is 58.6 Å². The Morgan fingerprint density at radius 1 is 0.714 bits per heavy atom. The van der Waals surface area contributed by atoms with Gasteiger partial charge in [0.05, 0.1) is 12.8 Å². The van der Waals surface area contributed by atoms with Crippen LogP contribution in [0.2, 0.25) is 0 Å². The van der Waals surface area contributed by atoms with Crippen molar-refractivity contribution in [3.8, 4) is 0 Å². The summed E-state index contributed by atoms with van der Waals surface area (Å²) in [5.41, 5.74) is 0. The topological polar surface area (TPSA) is 0 Å². The maximum atomic E-state index is 6.06. The number of rotatable bonds is 0. The maximum absolute atomic E-state index is 6.06. The molecule has 0 aliphatic carbocycles. The first kappa shape index (κ1) is 11.4. The van der Waals surface area contributed by atoms with E-state index in [1.807, 2.05) is 23.5 Å². The average Bonchev–Trinajstić information content (AvgIpc) is 2.60. The van der Waals surface area contributed by atoms with Crippen LogP contribution in [0.15, 0.2) is 27.6 Å². The quantitative estimate of drug-likeness (QED) is 0.553. The molecule has 0 saturated carbocycles. The van der Waals surface area contributed by atoms with Gasteiger partial charge in [-0.1, -0.05) is 58.6 Å². The van der Waals surface area contributed by atoms with Gasteiger partial charge in [0, 0.05) is 4.91 Å². The van der Waals surface area contributed by atoms with Gasteiger partial charge in [0.2, 0.25) is 0 Å². The summed E-state index contributed by atoms with van der Waals surface area (Å²) in [5.74, 6) is 0. The van der Waals surface area contributed by atoms with Crippen molar-refractivity contribution in [2.24, 2.45) is 0 Å². The smallest absolute Gasteiger partial charge is 0.0849 e.